The quantitative estimate of drug-likeness (QED) is 0.387. The van der Waals surface area contributed by atoms with Crippen LogP contribution in [-0.4, -0.2) is 28.3 Å². The molecule has 0 unspecified atom stereocenters. The monoisotopic (exact) mass is 476 g/mol. The topological polar surface area (TPSA) is 67.8 Å². The van der Waals surface area contributed by atoms with Crippen molar-refractivity contribution in [3.8, 4) is 10.6 Å². The first-order chi connectivity index (χ1) is 11.7. The molecule has 0 aliphatic heterocycles. The molecule has 2 aromatic heterocycles. The van der Waals surface area contributed by atoms with E-state index in [9.17, 15) is 4.57 Å². The van der Waals surface area contributed by atoms with E-state index in [4.69, 9.17) is 23.2 Å². The number of benzene rings is 1. The van der Waals surface area contributed by atoms with E-state index in [0.717, 1.165) is 10.6 Å². The van der Waals surface area contributed by atoms with E-state index < -0.39 is 7.14 Å². The summed E-state index contributed by atoms with van der Waals surface area (Å²) in [5.41, 5.74) is 1.55. The maximum atomic E-state index is 12.8. The van der Waals surface area contributed by atoms with Gasteiger partial charge in [-0.25, -0.2) is 9.97 Å². The van der Waals surface area contributed by atoms with Crippen molar-refractivity contribution in [1.82, 2.24) is 15.0 Å². The fourth-order valence-electron chi connectivity index (χ4n) is 2.16. The van der Waals surface area contributed by atoms with Crippen LogP contribution in [0.2, 0.25) is 10.4 Å². The maximum Gasteiger partial charge on any atom is 0.224 e. The average Bonchev–Trinajstić information content (AvgIpc) is 2.97. The number of nitrogens with one attached hydrogen (secondary N) is 1. The molecule has 0 bridgehead atoms. The van der Waals surface area contributed by atoms with Crippen LogP contribution < -0.4 is 10.6 Å². The van der Waals surface area contributed by atoms with E-state index in [2.05, 4.69) is 36.2 Å². The Bertz CT molecular complexity index is 991. The minimum Gasteiger partial charge on any atom is -0.339 e. The Hall–Kier alpha value is -0.980. The second-order valence-corrected chi connectivity index (χ2v) is 11.1. The Morgan fingerprint density at radius 2 is 2.00 bits per heavy atom. The van der Waals surface area contributed by atoms with Crippen molar-refractivity contribution in [2.24, 2.45) is 0 Å². The smallest absolute Gasteiger partial charge is 0.224 e. The fourth-order valence-corrected chi connectivity index (χ4v) is 4.69. The van der Waals surface area contributed by atoms with Crippen LogP contribution in [0.25, 0.3) is 10.6 Å². The highest BCUT2D eigenvalue weighted by Gasteiger charge is 2.19. The Balaban J connectivity index is 2.07. The van der Waals surface area contributed by atoms with Gasteiger partial charge in [0.25, 0.3) is 0 Å². The number of aromatic nitrogens is 3. The van der Waals surface area contributed by atoms with Gasteiger partial charge in [-0.1, -0.05) is 11.6 Å². The summed E-state index contributed by atoms with van der Waals surface area (Å²) in [6, 6.07) is 5.62. The molecule has 130 valence electrons. The minimum absolute atomic E-state index is 0.123. The Morgan fingerprint density at radius 3 is 2.64 bits per heavy atom. The molecule has 0 atom stereocenters. The molecule has 0 saturated heterocycles. The molecule has 0 aliphatic carbocycles. The molecule has 0 amide bonds. The molecule has 0 spiro atoms. The summed E-state index contributed by atoms with van der Waals surface area (Å²) in [5, 5.41) is 6.97. The molecule has 1 N–H and O–H groups in total. The molecular formula is C15H12BrCl2N4OPS. The van der Waals surface area contributed by atoms with Crippen molar-refractivity contribution >= 4 is 74.4 Å². The molecule has 10 heteroatoms. The number of hydrogen-bond acceptors (Lipinski definition) is 6. The van der Waals surface area contributed by atoms with Crippen LogP contribution >= 0.6 is 57.6 Å². The fraction of sp³-hybridized carbons (Fsp3) is 0.133. The molecule has 3 rings (SSSR count). The lowest BCUT2D eigenvalue weighted by molar-refractivity contribution is 0.588. The molecule has 0 aliphatic rings. The van der Waals surface area contributed by atoms with Gasteiger partial charge in [0.1, 0.15) is 23.1 Å². The number of hydrogen-bond donors (Lipinski definition) is 1. The first kappa shape index (κ1) is 18.8. The van der Waals surface area contributed by atoms with Crippen LogP contribution in [0.4, 0.5) is 11.5 Å². The zero-order valence-corrected chi connectivity index (χ0v) is 17.9. The zero-order valence-electron chi connectivity index (χ0n) is 13.1. The predicted octanol–water partition coefficient (Wildman–Crippen LogP) is 5.66. The van der Waals surface area contributed by atoms with E-state index in [1.54, 1.807) is 24.9 Å². The van der Waals surface area contributed by atoms with Gasteiger partial charge in [-0.3, -0.25) is 0 Å². The van der Waals surface area contributed by atoms with Gasteiger partial charge in [-0.2, -0.15) is 4.98 Å². The van der Waals surface area contributed by atoms with Crippen molar-refractivity contribution in [2.45, 2.75) is 0 Å². The molecule has 0 radical (unpaired) electrons. The van der Waals surface area contributed by atoms with Crippen molar-refractivity contribution in [2.75, 3.05) is 18.6 Å². The van der Waals surface area contributed by atoms with Gasteiger partial charge >= 0.3 is 0 Å². The number of thiazole rings is 1. The van der Waals surface area contributed by atoms with Crippen LogP contribution in [0.5, 0.6) is 0 Å². The van der Waals surface area contributed by atoms with Gasteiger partial charge < -0.3 is 9.88 Å². The SMILES string of the molecule is CP(C)(=O)c1cc(-c2nc(Cl)cs2)ccc1Nc1nc(Cl)ncc1Br. The highest BCUT2D eigenvalue weighted by molar-refractivity contribution is 9.10. The van der Waals surface area contributed by atoms with E-state index >= 15 is 0 Å². The predicted molar refractivity (Wildman–Crippen MR) is 110 cm³/mol. The molecule has 0 fully saturated rings. The Morgan fingerprint density at radius 1 is 1.24 bits per heavy atom. The van der Waals surface area contributed by atoms with E-state index in [1.165, 1.54) is 11.3 Å². The van der Waals surface area contributed by atoms with Crippen molar-refractivity contribution in [1.29, 1.82) is 0 Å². The molecule has 25 heavy (non-hydrogen) atoms. The normalized spacial score (nSPS) is 11.6. The van der Waals surface area contributed by atoms with Crippen LogP contribution in [0.15, 0.2) is 34.2 Å². The van der Waals surface area contributed by atoms with Gasteiger partial charge in [-0.05, 0) is 59.1 Å². The molecular weight excluding hydrogens is 466 g/mol. The van der Waals surface area contributed by atoms with Gasteiger partial charge in [0.05, 0.1) is 10.2 Å². The van der Waals surface area contributed by atoms with Crippen LogP contribution in [0.1, 0.15) is 0 Å². The minimum atomic E-state index is -2.57. The summed E-state index contributed by atoms with van der Waals surface area (Å²) in [6.07, 6.45) is 1.56. The maximum absolute atomic E-state index is 12.8. The largest absolute Gasteiger partial charge is 0.339 e. The van der Waals surface area contributed by atoms with Crippen molar-refractivity contribution < 1.29 is 4.57 Å². The van der Waals surface area contributed by atoms with Crippen LogP contribution in [-0.2, 0) is 4.57 Å². The Labute approximate surface area is 167 Å². The van der Waals surface area contributed by atoms with E-state index in [-0.39, 0.29) is 5.28 Å². The summed E-state index contributed by atoms with van der Waals surface area (Å²) in [7, 11) is -2.57. The third-order valence-electron chi connectivity index (χ3n) is 3.27. The van der Waals surface area contributed by atoms with Gasteiger partial charge in [0, 0.05) is 22.4 Å². The molecule has 0 saturated carbocycles. The summed E-state index contributed by atoms with van der Waals surface area (Å²) < 4.78 is 13.5. The molecule has 2 heterocycles. The Kier molecular flexibility index (Phi) is 5.51. The number of nitrogens with zero attached hydrogens (tertiary/aromatic N) is 3. The number of anilines is 2. The third-order valence-corrected chi connectivity index (χ3v) is 6.78. The van der Waals surface area contributed by atoms with Crippen LogP contribution in [0.3, 0.4) is 0 Å². The van der Waals surface area contributed by atoms with Crippen LogP contribution in [0, 0.1) is 0 Å². The molecule has 5 nitrogen and oxygen atoms in total. The lowest BCUT2D eigenvalue weighted by Gasteiger charge is -2.16. The van der Waals surface area contributed by atoms with Crippen molar-refractivity contribution in [3.63, 3.8) is 0 Å². The first-order valence-corrected chi connectivity index (χ1v) is 12.0. The van der Waals surface area contributed by atoms with Gasteiger partial charge in [-0.15, -0.1) is 11.3 Å². The first-order valence-electron chi connectivity index (χ1n) is 7.00. The molecule has 3 aromatic rings. The lowest BCUT2D eigenvalue weighted by atomic mass is 10.2. The average molecular weight is 478 g/mol. The highest BCUT2D eigenvalue weighted by Crippen LogP contribution is 2.40. The summed E-state index contributed by atoms with van der Waals surface area (Å²) in [6.45, 7) is 3.43. The molecule has 1 aromatic carbocycles. The lowest BCUT2D eigenvalue weighted by Crippen LogP contribution is -2.11. The summed E-state index contributed by atoms with van der Waals surface area (Å²) in [4.78, 5) is 12.3. The van der Waals surface area contributed by atoms with Crippen molar-refractivity contribution in [3.05, 3.63) is 44.7 Å². The summed E-state index contributed by atoms with van der Waals surface area (Å²) in [5.74, 6) is 0.500. The van der Waals surface area contributed by atoms with E-state index in [1.807, 2.05) is 18.2 Å². The third kappa shape index (κ3) is 4.41. The zero-order chi connectivity index (χ0) is 18.2. The van der Waals surface area contributed by atoms with Gasteiger partial charge in [0.2, 0.25) is 5.28 Å². The number of rotatable bonds is 4. The standard InChI is InChI=1S/C15H12BrCl2N4OPS/c1-24(2,23)11-5-8(14-21-12(17)7-25-14)3-4-10(11)20-13-9(16)6-19-15(18)22-13/h3-7H,1-2H3,(H,19,20,22). The highest BCUT2D eigenvalue weighted by atomic mass is 79.9. The van der Waals surface area contributed by atoms with Gasteiger partial charge in [0.15, 0.2) is 0 Å². The summed E-state index contributed by atoms with van der Waals surface area (Å²) >= 11 is 16.6. The second-order valence-electron chi connectivity index (χ2n) is 5.52. The number of halogens is 3. The van der Waals surface area contributed by atoms with E-state index in [0.29, 0.717) is 26.4 Å². The second kappa shape index (κ2) is 7.33.